The molecular formula is C24H26N4O4. The Morgan fingerprint density at radius 2 is 1.94 bits per heavy atom. The van der Waals surface area contributed by atoms with Crippen LogP contribution in [0.15, 0.2) is 59.1 Å². The SMILES string of the molecule is CNC(=O)[C@H]1C[C@H](NC(=O)COc2cccc(C)c2)[C@H](c2nc(-c3ccccc3)no2)C1. The Kier molecular flexibility index (Phi) is 6.49. The molecule has 0 spiro atoms. The van der Waals surface area contributed by atoms with Crippen LogP contribution in [0.1, 0.15) is 30.2 Å². The summed E-state index contributed by atoms with van der Waals surface area (Å²) < 4.78 is 11.2. The third-order valence-corrected chi connectivity index (χ3v) is 5.68. The molecule has 1 heterocycles. The van der Waals surface area contributed by atoms with Gasteiger partial charge >= 0.3 is 0 Å². The maximum Gasteiger partial charge on any atom is 0.258 e. The molecule has 0 radical (unpaired) electrons. The van der Waals surface area contributed by atoms with Gasteiger partial charge in [0.05, 0.1) is 5.92 Å². The third kappa shape index (κ3) is 4.96. The molecule has 8 heteroatoms. The first-order valence-electron chi connectivity index (χ1n) is 10.6. The van der Waals surface area contributed by atoms with Gasteiger partial charge < -0.3 is 19.9 Å². The van der Waals surface area contributed by atoms with Gasteiger partial charge in [0.1, 0.15) is 5.75 Å². The summed E-state index contributed by atoms with van der Waals surface area (Å²) in [5, 5.41) is 9.79. The van der Waals surface area contributed by atoms with Crippen molar-refractivity contribution in [3.8, 4) is 17.1 Å². The van der Waals surface area contributed by atoms with E-state index in [4.69, 9.17) is 9.26 Å². The summed E-state index contributed by atoms with van der Waals surface area (Å²) in [6, 6.07) is 16.7. The molecule has 4 rings (SSSR count). The Morgan fingerprint density at radius 3 is 2.69 bits per heavy atom. The first-order chi connectivity index (χ1) is 15.5. The van der Waals surface area contributed by atoms with Crippen molar-refractivity contribution >= 4 is 11.8 Å². The molecule has 3 aromatic rings. The largest absolute Gasteiger partial charge is 0.484 e. The molecule has 1 saturated carbocycles. The van der Waals surface area contributed by atoms with E-state index in [-0.39, 0.29) is 36.3 Å². The van der Waals surface area contributed by atoms with Gasteiger partial charge in [-0.3, -0.25) is 9.59 Å². The second kappa shape index (κ2) is 9.64. The van der Waals surface area contributed by atoms with Crippen molar-refractivity contribution in [3.63, 3.8) is 0 Å². The Morgan fingerprint density at radius 1 is 1.12 bits per heavy atom. The lowest BCUT2D eigenvalue weighted by molar-refractivity contribution is -0.125. The molecule has 1 fully saturated rings. The summed E-state index contributed by atoms with van der Waals surface area (Å²) in [5.74, 6) is 0.699. The van der Waals surface area contributed by atoms with Crippen LogP contribution >= 0.6 is 0 Å². The lowest BCUT2D eigenvalue weighted by Crippen LogP contribution is -2.39. The Hall–Kier alpha value is -3.68. The van der Waals surface area contributed by atoms with Gasteiger partial charge in [-0.15, -0.1) is 0 Å². The quantitative estimate of drug-likeness (QED) is 0.592. The Bertz CT molecular complexity index is 1080. The van der Waals surface area contributed by atoms with Crippen molar-refractivity contribution in [2.45, 2.75) is 31.7 Å². The molecule has 8 nitrogen and oxygen atoms in total. The lowest BCUT2D eigenvalue weighted by atomic mass is 10.0. The highest BCUT2D eigenvalue weighted by molar-refractivity contribution is 5.80. The average Bonchev–Trinajstić information content (AvgIpc) is 3.45. The molecular weight excluding hydrogens is 408 g/mol. The first kappa shape index (κ1) is 21.5. The molecule has 0 bridgehead atoms. The smallest absolute Gasteiger partial charge is 0.258 e. The maximum atomic E-state index is 12.6. The molecule has 1 aliphatic carbocycles. The van der Waals surface area contributed by atoms with Crippen molar-refractivity contribution in [2.75, 3.05) is 13.7 Å². The maximum absolute atomic E-state index is 12.6. The number of carbonyl (C=O) groups excluding carboxylic acids is 2. The van der Waals surface area contributed by atoms with E-state index in [1.165, 1.54) is 0 Å². The van der Waals surface area contributed by atoms with Crippen molar-refractivity contribution in [3.05, 3.63) is 66.1 Å². The first-order valence-corrected chi connectivity index (χ1v) is 10.6. The van der Waals surface area contributed by atoms with E-state index in [0.29, 0.717) is 30.3 Å². The zero-order chi connectivity index (χ0) is 22.5. The molecule has 166 valence electrons. The van der Waals surface area contributed by atoms with Crippen LogP contribution in [0, 0.1) is 12.8 Å². The molecule has 0 unspecified atom stereocenters. The molecule has 0 aliphatic heterocycles. The standard InChI is InChI=1S/C24H26N4O4/c1-15-7-6-10-18(11-15)31-14-21(29)26-20-13-17(23(30)25-2)12-19(20)24-27-22(28-32-24)16-8-4-3-5-9-16/h3-11,17,19-20H,12-14H2,1-2H3,(H,25,30)(H,26,29)/t17-,19-,20+/m1/s1. The van der Waals surface area contributed by atoms with E-state index in [9.17, 15) is 9.59 Å². The molecule has 1 aliphatic rings. The van der Waals surface area contributed by atoms with Crippen molar-refractivity contribution < 1.29 is 18.8 Å². The highest BCUT2D eigenvalue weighted by Gasteiger charge is 2.42. The number of benzene rings is 2. The van der Waals surface area contributed by atoms with Gasteiger partial charge in [0.25, 0.3) is 5.91 Å². The monoisotopic (exact) mass is 434 g/mol. The normalized spacial score (nSPS) is 20.0. The van der Waals surface area contributed by atoms with Crippen molar-refractivity contribution in [2.24, 2.45) is 5.92 Å². The van der Waals surface area contributed by atoms with E-state index in [1.54, 1.807) is 7.05 Å². The number of aromatic nitrogens is 2. The van der Waals surface area contributed by atoms with Gasteiger partial charge in [-0.1, -0.05) is 47.6 Å². The van der Waals surface area contributed by atoms with E-state index in [0.717, 1.165) is 11.1 Å². The average molecular weight is 434 g/mol. The van der Waals surface area contributed by atoms with E-state index < -0.39 is 0 Å². The van der Waals surface area contributed by atoms with Crippen molar-refractivity contribution in [1.82, 2.24) is 20.8 Å². The summed E-state index contributed by atoms with van der Waals surface area (Å²) in [7, 11) is 1.61. The fraction of sp³-hybridized carbons (Fsp3) is 0.333. The van der Waals surface area contributed by atoms with E-state index in [1.807, 2.05) is 61.5 Å². The summed E-state index contributed by atoms with van der Waals surface area (Å²) in [4.78, 5) is 29.4. The molecule has 2 amide bonds. The second-order valence-electron chi connectivity index (χ2n) is 7.99. The number of nitrogens with one attached hydrogen (secondary N) is 2. The molecule has 2 N–H and O–H groups in total. The lowest BCUT2D eigenvalue weighted by Gasteiger charge is -2.18. The molecule has 32 heavy (non-hydrogen) atoms. The van der Waals surface area contributed by atoms with Gasteiger partial charge in [-0.25, -0.2) is 0 Å². The number of carbonyl (C=O) groups is 2. The molecule has 0 saturated heterocycles. The van der Waals surface area contributed by atoms with Gasteiger partial charge in [0, 0.05) is 24.6 Å². The highest BCUT2D eigenvalue weighted by atomic mass is 16.5. The van der Waals surface area contributed by atoms with Gasteiger partial charge in [0.2, 0.25) is 17.6 Å². The molecule has 1 aromatic heterocycles. The zero-order valence-electron chi connectivity index (χ0n) is 18.1. The number of aryl methyl sites for hydroxylation is 1. The van der Waals surface area contributed by atoms with Crippen LogP contribution in [0.25, 0.3) is 11.4 Å². The minimum atomic E-state index is -0.310. The summed E-state index contributed by atoms with van der Waals surface area (Å²) >= 11 is 0. The Labute approximate surface area is 186 Å². The fourth-order valence-electron chi connectivity index (χ4n) is 4.08. The number of amides is 2. The number of hydrogen-bond acceptors (Lipinski definition) is 6. The van der Waals surface area contributed by atoms with Crippen LogP contribution in [0.5, 0.6) is 5.75 Å². The van der Waals surface area contributed by atoms with Crippen LogP contribution in [0.4, 0.5) is 0 Å². The molecule has 2 aromatic carbocycles. The van der Waals surface area contributed by atoms with Gasteiger partial charge in [0.15, 0.2) is 6.61 Å². The van der Waals surface area contributed by atoms with Gasteiger partial charge in [-0.2, -0.15) is 4.98 Å². The fourth-order valence-corrected chi connectivity index (χ4v) is 4.08. The van der Waals surface area contributed by atoms with Gasteiger partial charge in [-0.05, 0) is 37.5 Å². The number of ether oxygens (including phenoxy) is 1. The van der Waals surface area contributed by atoms with Crippen molar-refractivity contribution in [1.29, 1.82) is 0 Å². The number of hydrogen-bond donors (Lipinski definition) is 2. The predicted octanol–water partition coefficient (Wildman–Crippen LogP) is 2.85. The second-order valence-corrected chi connectivity index (χ2v) is 7.99. The van der Waals surface area contributed by atoms with Crippen LogP contribution < -0.4 is 15.4 Å². The molecule has 3 atom stereocenters. The van der Waals surface area contributed by atoms with Crippen LogP contribution in [-0.4, -0.2) is 41.7 Å². The Balaban J connectivity index is 1.46. The minimum Gasteiger partial charge on any atom is -0.484 e. The predicted molar refractivity (Wildman–Crippen MR) is 118 cm³/mol. The van der Waals surface area contributed by atoms with E-state index >= 15 is 0 Å². The minimum absolute atomic E-state index is 0.0643. The number of rotatable bonds is 7. The van der Waals surface area contributed by atoms with Crippen LogP contribution in [0.3, 0.4) is 0 Å². The number of nitrogens with zero attached hydrogens (tertiary/aromatic N) is 2. The summed E-state index contributed by atoms with van der Waals surface area (Å²) in [6.45, 7) is 1.85. The highest BCUT2D eigenvalue weighted by Crippen LogP contribution is 2.38. The van der Waals surface area contributed by atoms with Crippen LogP contribution in [-0.2, 0) is 9.59 Å². The van der Waals surface area contributed by atoms with E-state index in [2.05, 4.69) is 20.8 Å². The summed E-state index contributed by atoms with van der Waals surface area (Å²) in [5.41, 5.74) is 1.90. The third-order valence-electron chi connectivity index (χ3n) is 5.68. The summed E-state index contributed by atoms with van der Waals surface area (Å²) in [6.07, 6.45) is 1.00. The topological polar surface area (TPSA) is 106 Å². The zero-order valence-corrected chi connectivity index (χ0v) is 18.1. The van der Waals surface area contributed by atoms with Crippen LogP contribution in [0.2, 0.25) is 0 Å².